The molecule has 3 unspecified atom stereocenters. The predicted octanol–water partition coefficient (Wildman–Crippen LogP) is 2.61. The standard InChI is InChI=1S/C14H25NO2/c1-4-14(2,3)11-7-12-6-5-10(13(16)17)8-15(12)9-11/h10-12H,4-9H2,1-3H3,(H,16,17). The molecule has 1 N–H and O–H groups in total. The van der Waals surface area contributed by atoms with Crippen LogP contribution in [0.25, 0.3) is 0 Å². The Balaban J connectivity index is 1.99. The molecule has 0 spiro atoms. The van der Waals surface area contributed by atoms with Crippen molar-refractivity contribution in [3.63, 3.8) is 0 Å². The summed E-state index contributed by atoms with van der Waals surface area (Å²) in [7, 11) is 0. The molecule has 2 aliphatic rings. The Hall–Kier alpha value is -0.570. The van der Waals surface area contributed by atoms with Crippen molar-refractivity contribution in [2.24, 2.45) is 17.3 Å². The number of aliphatic carboxylic acids is 1. The molecule has 0 amide bonds. The van der Waals surface area contributed by atoms with Gasteiger partial charge in [0.25, 0.3) is 0 Å². The molecule has 2 saturated heterocycles. The molecule has 3 heteroatoms. The van der Waals surface area contributed by atoms with Crippen molar-refractivity contribution in [3.05, 3.63) is 0 Å². The SMILES string of the molecule is CCC(C)(C)C1CC2CCC(C(=O)O)CN2C1. The van der Waals surface area contributed by atoms with E-state index in [2.05, 4.69) is 25.7 Å². The average Bonchev–Trinajstić information content (AvgIpc) is 2.72. The molecule has 17 heavy (non-hydrogen) atoms. The van der Waals surface area contributed by atoms with E-state index < -0.39 is 5.97 Å². The highest BCUT2D eigenvalue weighted by Gasteiger charge is 2.42. The Morgan fingerprint density at radius 2 is 2.06 bits per heavy atom. The lowest BCUT2D eigenvalue weighted by Gasteiger charge is -2.33. The van der Waals surface area contributed by atoms with Crippen LogP contribution in [0.15, 0.2) is 0 Å². The minimum atomic E-state index is -0.610. The Bertz CT molecular complexity index is 301. The molecule has 0 saturated carbocycles. The fourth-order valence-corrected chi connectivity index (χ4v) is 3.33. The van der Waals surface area contributed by atoms with E-state index in [0.717, 1.165) is 31.8 Å². The van der Waals surface area contributed by atoms with Gasteiger partial charge in [0.1, 0.15) is 0 Å². The van der Waals surface area contributed by atoms with Crippen LogP contribution in [0, 0.1) is 17.3 Å². The summed E-state index contributed by atoms with van der Waals surface area (Å²) in [4.78, 5) is 13.5. The number of hydrogen-bond acceptors (Lipinski definition) is 2. The van der Waals surface area contributed by atoms with Crippen LogP contribution in [-0.2, 0) is 4.79 Å². The molecular formula is C14H25NO2. The van der Waals surface area contributed by atoms with E-state index in [0.29, 0.717) is 11.5 Å². The number of fused-ring (bicyclic) bond motifs is 1. The molecule has 2 rings (SSSR count). The van der Waals surface area contributed by atoms with Crippen molar-refractivity contribution in [3.8, 4) is 0 Å². The summed E-state index contributed by atoms with van der Waals surface area (Å²) < 4.78 is 0. The third kappa shape index (κ3) is 2.49. The quantitative estimate of drug-likeness (QED) is 0.823. The van der Waals surface area contributed by atoms with Crippen molar-refractivity contribution >= 4 is 5.97 Å². The summed E-state index contributed by atoms with van der Waals surface area (Å²) in [6, 6.07) is 0.654. The summed E-state index contributed by atoms with van der Waals surface area (Å²) in [5, 5.41) is 9.10. The highest BCUT2D eigenvalue weighted by atomic mass is 16.4. The lowest BCUT2D eigenvalue weighted by molar-refractivity contribution is -0.143. The first-order valence-corrected chi connectivity index (χ1v) is 6.91. The number of carbonyl (C=O) groups is 1. The van der Waals surface area contributed by atoms with Gasteiger partial charge in [-0.25, -0.2) is 0 Å². The van der Waals surface area contributed by atoms with E-state index >= 15 is 0 Å². The monoisotopic (exact) mass is 239 g/mol. The van der Waals surface area contributed by atoms with Gasteiger partial charge in [-0.05, 0) is 30.6 Å². The minimum Gasteiger partial charge on any atom is -0.481 e. The van der Waals surface area contributed by atoms with Crippen molar-refractivity contribution in [1.29, 1.82) is 0 Å². The van der Waals surface area contributed by atoms with Crippen LogP contribution in [0.4, 0.5) is 0 Å². The number of rotatable bonds is 3. The summed E-state index contributed by atoms with van der Waals surface area (Å²) in [6.07, 6.45) is 4.43. The van der Waals surface area contributed by atoms with Crippen LogP contribution >= 0.6 is 0 Å². The summed E-state index contributed by atoms with van der Waals surface area (Å²) in [5.74, 6) is 0.00133. The lowest BCUT2D eigenvalue weighted by Crippen LogP contribution is -2.42. The van der Waals surface area contributed by atoms with Crippen LogP contribution in [0.1, 0.15) is 46.5 Å². The maximum absolute atomic E-state index is 11.1. The van der Waals surface area contributed by atoms with Gasteiger partial charge in [0, 0.05) is 19.1 Å². The topological polar surface area (TPSA) is 40.5 Å². The predicted molar refractivity (Wildman–Crippen MR) is 67.9 cm³/mol. The first-order valence-electron chi connectivity index (χ1n) is 6.91. The second-order valence-corrected chi connectivity index (χ2v) is 6.49. The van der Waals surface area contributed by atoms with Gasteiger partial charge in [-0.1, -0.05) is 27.2 Å². The van der Waals surface area contributed by atoms with Crippen molar-refractivity contribution in [2.75, 3.05) is 13.1 Å². The molecule has 0 aromatic carbocycles. The zero-order valence-corrected chi connectivity index (χ0v) is 11.3. The molecule has 0 bridgehead atoms. The average molecular weight is 239 g/mol. The summed E-state index contributed by atoms with van der Waals surface area (Å²) in [6.45, 7) is 8.85. The van der Waals surface area contributed by atoms with E-state index in [4.69, 9.17) is 5.11 Å². The number of carboxylic acid groups (broad SMARTS) is 1. The molecule has 2 fully saturated rings. The Morgan fingerprint density at radius 3 is 2.65 bits per heavy atom. The van der Waals surface area contributed by atoms with Crippen LogP contribution in [0.2, 0.25) is 0 Å². The largest absolute Gasteiger partial charge is 0.481 e. The lowest BCUT2D eigenvalue weighted by atomic mass is 9.75. The second-order valence-electron chi connectivity index (χ2n) is 6.49. The Morgan fingerprint density at radius 1 is 1.35 bits per heavy atom. The highest BCUT2D eigenvalue weighted by molar-refractivity contribution is 5.70. The molecule has 0 radical (unpaired) electrons. The third-order valence-corrected chi connectivity index (χ3v) is 5.20. The molecular weight excluding hydrogens is 214 g/mol. The third-order valence-electron chi connectivity index (χ3n) is 5.20. The normalized spacial score (nSPS) is 34.6. The molecule has 0 aromatic heterocycles. The molecule has 2 heterocycles. The van der Waals surface area contributed by atoms with Crippen molar-refractivity contribution in [1.82, 2.24) is 4.90 Å². The van der Waals surface area contributed by atoms with E-state index in [1.807, 2.05) is 0 Å². The zero-order chi connectivity index (χ0) is 12.6. The smallest absolute Gasteiger partial charge is 0.307 e. The van der Waals surface area contributed by atoms with Gasteiger partial charge in [0.2, 0.25) is 0 Å². The van der Waals surface area contributed by atoms with Gasteiger partial charge in [-0.3, -0.25) is 9.69 Å². The first kappa shape index (κ1) is 12.9. The molecule has 2 aliphatic heterocycles. The fourth-order valence-electron chi connectivity index (χ4n) is 3.33. The summed E-state index contributed by atoms with van der Waals surface area (Å²) >= 11 is 0. The van der Waals surface area contributed by atoms with Crippen LogP contribution < -0.4 is 0 Å². The van der Waals surface area contributed by atoms with E-state index in [1.54, 1.807) is 0 Å². The first-order chi connectivity index (χ1) is 7.94. The van der Waals surface area contributed by atoms with Crippen LogP contribution in [0.5, 0.6) is 0 Å². The van der Waals surface area contributed by atoms with E-state index in [1.165, 1.54) is 12.8 Å². The zero-order valence-electron chi connectivity index (χ0n) is 11.3. The number of piperidine rings is 1. The summed E-state index contributed by atoms with van der Waals surface area (Å²) in [5.41, 5.74) is 0.399. The number of nitrogens with zero attached hydrogens (tertiary/aromatic N) is 1. The van der Waals surface area contributed by atoms with Crippen molar-refractivity contribution < 1.29 is 9.90 Å². The van der Waals surface area contributed by atoms with Gasteiger partial charge in [0.15, 0.2) is 0 Å². The maximum Gasteiger partial charge on any atom is 0.307 e. The highest BCUT2D eigenvalue weighted by Crippen LogP contribution is 2.42. The maximum atomic E-state index is 11.1. The number of hydrogen-bond donors (Lipinski definition) is 1. The molecule has 98 valence electrons. The molecule has 3 atom stereocenters. The van der Waals surface area contributed by atoms with Crippen molar-refractivity contribution in [2.45, 2.75) is 52.5 Å². The van der Waals surface area contributed by atoms with Crippen LogP contribution in [0.3, 0.4) is 0 Å². The van der Waals surface area contributed by atoms with Crippen LogP contribution in [-0.4, -0.2) is 35.1 Å². The van der Waals surface area contributed by atoms with Gasteiger partial charge in [0.05, 0.1) is 5.92 Å². The molecule has 3 nitrogen and oxygen atoms in total. The molecule has 0 aromatic rings. The Labute approximate surface area is 104 Å². The van der Waals surface area contributed by atoms with Gasteiger partial charge < -0.3 is 5.11 Å². The molecule has 0 aliphatic carbocycles. The van der Waals surface area contributed by atoms with Gasteiger partial charge in [-0.2, -0.15) is 0 Å². The Kier molecular flexibility index (Phi) is 3.48. The van der Waals surface area contributed by atoms with E-state index in [9.17, 15) is 4.79 Å². The van der Waals surface area contributed by atoms with E-state index in [-0.39, 0.29) is 5.92 Å². The second kappa shape index (κ2) is 4.60. The minimum absolute atomic E-state index is 0.130. The van der Waals surface area contributed by atoms with Gasteiger partial charge in [-0.15, -0.1) is 0 Å². The fraction of sp³-hybridized carbons (Fsp3) is 0.929. The van der Waals surface area contributed by atoms with Gasteiger partial charge >= 0.3 is 5.97 Å². The number of carboxylic acids is 1.